The monoisotopic (exact) mass is 269 g/mol. The Kier molecular flexibility index (Phi) is 2.78. The summed E-state index contributed by atoms with van der Waals surface area (Å²) < 4.78 is 0. The van der Waals surface area contributed by atoms with Crippen LogP contribution in [0.4, 0.5) is 5.69 Å². The molecule has 0 saturated heterocycles. The third-order valence-corrected chi connectivity index (χ3v) is 3.56. The lowest BCUT2D eigenvalue weighted by atomic mass is 10.0. The molecule has 2 N–H and O–H groups in total. The molecule has 20 heavy (non-hydrogen) atoms. The maximum atomic E-state index is 6.30. The molecule has 2 aliphatic heterocycles. The summed E-state index contributed by atoms with van der Waals surface area (Å²) in [7, 11) is 0. The molecule has 1 aromatic carbocycles. The van der Waals surface area contributed by atoms with Gasteiger partial charge < -0.3 is 15.5 Å². The molecule has 0 bridgehead atoms. The molecule has 0 radical (unpaired) electrons. The first-order chi connectivity index (χ1) is 9.48. The highest BCUT2D eigenvalue weighted by molar-refractivity contribution is 6.24. The molecule has 3 rings (SSSR count). The van der Waals surface area contributed by atoms with Crippen molar-refractivity contribution in [2.24, 2.45) is 15.9 Å². The standard InChI is InChI=1S/C15H19N5/c1-15(2,3)20-10-19(11-7-5-4-6-8-11)14-12(13(20)16)9-17-18-14/h4-9H,10,16H2,1-3H3. The smallest absolute Gasteiger partial charge is 0.169 e. The third kappa shape index (κ3) is 1.95. The van der Waals surface area contributed by atoms with Gasteiger partial charge in [-0.3, -0.25) is 0 Å². The predicted molar refractivity (Wildman–Crippen MR) is 82.5 cm³/mol. The molecule has 0 unspecified atom stereocenters. The van der Waals surface area contributed by atoms with Crippen LogP contribution in [-0.2, 0) is 0 Å². The van der Waals surface area contributed by atoms with E-state index in [1.54, 1.807) is 6.21 Å². The minimum absolute atomic E-state index is 0.0634. The number of hydrogen-bond acceptors (Lipinski definition) is 5. The lowest BCUT2D eigenvalue weighted by molar-refractivity contribution is 0.184. The molecule has 0 saturated carbocycles. The van der Waals surface area contributed by atoms with Crippen LogP contribution in [0.2, 0.25) is 0 Å². The van der Waals surface area contributed by atoms with E-state index in [1.807, 2.05) is 18.2 Å². The predicted octanol–water partition coefficient (Wildman–Crippen LogP) is 2.13. The molecule has 0 amide bonds. The van der Waals surface area contributed by atoms with Gasteiger partial charge in [0, 0.05) is 11.2 Å². The van der Waals surface area contributed by atoms with E-state index in [2.05, 4.69) is 52.9 Å². The van der Waals surface area contributed by atoms with Gasteiger partial charge in [-0.05, 0) is 32.9 Å². The van der Waals surface area contributed by atoms with E-state index in [1.165, 1.54) is 0 Å². The zero-order valence-electron chi connectivity index (χ0n) is 12.0. The highest BCUT2D eigenvalue weighted by Crippen LogP contribution is 2.30. The molecule has 0 spiro atoms. The van der Waals surface area contributed by atoms with Gasteiger partial charge in [-0.1, -0.05) is 18.2 Å². The molecule has 5 nitrogen and oxygen atoms in total. The van der Waals surface area contributed by atoms with Crippen LogP contribution in [0.25, 0.3) is 0 Å². The second-order valence-corrected chi connectivity index (χ2v) is 5.97. The minimum atomic E-state index is -0.0634. The van der Waals surface area contributed by atoms with Crippen molar-refractivity contribution in [3.05, 3.63) is 41.7 Å². The van der Waals surface area contributed by atoms with Crippen LogP contribution in [0, 0.1) is 0 Å². The fourth-order valence-electron chi connectivity index (χ4n) is 2.45. The van der Waals surface area contributed by atoms with Gasteiger partial charge in [0.15, 0.2) is 5.84 Å². The summed E-state index contributed by atoms with van der Waals surface area (Å²) in [6.45, 7) is 7.12. The number of fused-ring (bicyclic) bond motifs is 1. The Morgan fingerprint density at radius 3 is 2.50 bits per heavy atom. The van der Waals surface area contributed by atoms with Crippen molar-refractivity contribution in [2.75, 3.05) is 11.6 Å². The summed E-state index contributed by atoms with van der Waals surface area (Å²) in [5.74, 6) is 1.57. The molecular formula is C15H19N5. The average Bonchev–Trinajstić information content (AvgIpc) is 2.88. The highest BCUT2D eigenvalue weighted by atomic mass is 15.4. The Morgan fingerprint density at radius 1 is 1.15 bits per heavy atom. The quantitative estimate of drug-likeness (QED) is 0.849. The number of anilines is 1. The molecule has 2 heterocycles. The van der Waals surface area contributed by atoms with Crippen LogP contribution >= 0.6 is 0 Å². The summed E-state index contributed by atoms with van der Waals surface area (Å²) in [6.07, 6.45) is 1.73. The lowest BCUT2D eigenvalue weighted by Gasteiger charge is -2.45. The van der Waals surface area contributed by atoms with E-state index in [0.717, 1.165) is 22.9 Å². The molecule has 0 aliphatic carbocycles. The number of para-hydroxylation sites is 1. The van der Waals surface area contributed by atoms with Crippen molar-refractivity contribution < 1.29 is 0 Å². The average molecular weight is 269 g/mol. The molecule has 104 valence electrons. The van der Waals surface area contributed by atoms with Crippen LogP contribution in [0.3, 0.4) is 0 Å². The van der Waals surface area contributed by atoms with Crippen LogP contribution in [-0.4, -0.2) is 29.2 Å². The van der Waals surface area contributed by atoms with Gasteiger partial charge >= 0.3 is 0 Å². The molecule has 2 aliphatic rings. The fraction of sp³-hybridized carbons (Fsp3) is 0.333. The van der Waals surface area contributed by atoms with Crippen molar-refractivity contribution in [2.45, 2.75) is 26.3 Å². The molecule has 0 aromatic heterocycles. The Hall–Kier alpha value is -2.30. The summed E-state index contributed by atoms with van der Waals surface area (Å²) in [4.78, 5) is 4.32. The first-order valence-corrected chi connectivity index (χ1v) is 6.70. The fourth-order valence-corrected chi connectivity index (χ4v) is 2.45. The van der Waals surface area contributed by atoms with Crippen molar-refractivity contribution in [3.63, 3.8) is 0 Å². The Bertz CT molecular complexity index is 607. The topological polar surface area (TPSA) is 57.2 Å². The Labute approximate surface area is 119 Å². The number of benzene rings is 1. The van der Waals surface area contributed by atoms with Crippen LogP contribution in [0.15, 0.2) is 51.9 Å². The van der Waals surface area contributed by atoms with Crippen molar-refractivity contribution in [1.82, 2.24) is 4.90 Å². The largest absolute Gasteiger partial charge is 0.385 e. The number of nitrogens with two attached hydrogens (primary N) is 1. The number of nitrogens with zero attached hydrogens (tertiary/aromatic N) is 4. The molecule has 1 aromatic rings. The summed E-state index contributed by atoms with van der Waals surface area (Å²) >= 11 is 0. The van der Waals surface area contributed by atoms with Gasteiger partial charge in [0.2, 0.25) is 0 Å². The van der Waals surface area contributed by atoms with E-state index >= 15 is 0 Å². The summed E-state index contributed by atoms with van der Waals surface area (Å²) in [5.41, 5.74) is 8.23. The summed E-state index contributed by atoms with van der Waals surface area (Å²) in [6, 6.07) is 10.2. The van der Waals surface area contributed by atoms with Gasteiger partial charge in [-0.25, -0.2) is 0 Å². The van der Waals surface area contributed by atoms with E-state index in [-0.39, 0.29) is 5.54 Å². The normalized spacial score (nSPS) is 18.4. The highest BCUT2D eigenvalue weighted by Gasteiger charge is 2.35. The Balaban J connectivity index is 2.07. The van der Waals surface area contributed by atoms with Crippen molar-refractivity contribution >= 4 is 17.7 Å². The summed E-state index contributed by atoms with van der Waals surface area (Å²) in [5, 5.41) is 8.26. The van der Waals surface area contributed by atoms with Crippen LogP contribution in [0.5, 0.6) is 0 Å². The van der Waals surface area contributed by atoms with Crippen LogP contribution in [0.1, 0.15) is 20.8 Å². The zero-order valence-corrected chi connectivity index (χ0v) is 12.0. The van der Waals surface area contributed by atoms with Gasteiger partial charge in [-0.15, -0.1) is 5.10 Å². The second kappa shape index (κ2) is 4.37. The lowest BCUT2D eigenvalue weighted by Crippen LogP contribution is -2.55. The van der Waals surface area contributed by atoms with Gasteiger partial charge in [-0.2, -0.15) is 5.10 Å². The maximum Gasteiger partial charge on any atom is 0.169 e. The third-order valence-electron chi connectivity index (χ3n) is 3.56. The number of amidine groups is 1. The van der Waals surface area contributed by atoms with Gasteiger partial charge in [0.25, 0.3) is 0 Å². The van der Waals surface area contributed by atoms with Crippen molar-refractivity contribution in [3.8, 4) is 0 Å². The number of rotatable bonds is 1. The van der Waals surface area contributed by atoms with E-state index in [4.69, 9.17) is 5.73 Å². The van der Waals surface area contributed by atoms with Gasteiger partial charge in [0.1, 0.15) is 5.82 Å². The minimum Gasteiger partial charge on any atom is -0.385 e. The first kappa shape index (κ1) is 12.7. The van der Waals surface area contributed by atoms with E-state index < -0.39 is 0 Å². The van der Waals surface area contributed by atoms with Crippen LogP contribution < -0.4 is 10.6 Å². The maximum absolute atomic E-state index is 6.30. The number of hydrogen-bond donors (Lipinski definition) is 1. The van der Waals surface area contributed by atoms with E-state index in [0.29, 0.717) is 6.67 Å². The Morgan fingerprint density at radius 2 is 1.85 bits per heavy atom. The molecule has 5 heteroatoms. The SMILES string of the molecule is CC(C)(C)N1CN(c2ccccc2)C2=NN=CC2=C1N. The molecular weight excluding hydrogens is 250 g/mol. The van der Waals surface area contributed by atoms with E-state index in [9.17, 15) is 0 Å². The zero-order chi connectivity index (χ0) is 14.3. The molecule has 0 fully saturated rings. The second-order valence-electron chi connectivity index (χ2n) is 5.97. The van der Waals surface area contributed by atoms with Gasteiger partial charge in [0.05, 0.1) is 18.5 Å². The van der Waals surface area contributed by atoms with Crippen molar-refractivity contribution in [1.29, 1.82) is 0 Å². The first-order valence-electron chi connectivity index (χ1n) is 6.70. The molecule has 0 atom stereocenters.